The summed E-state index contributed by atoms with van der Waals surface area (Å²) >= 11 is 0. The van der Waals surface area contributed by atoms with Crippen LogP contribution in [0.3, 0.4) is 0 Å². The third-order valence-electron chi connectivity index (χ3n) is 2.64. The zero-order chi connectivity index (χ0) is 10.6. The normalized spacial score (nSPS) is 17.4. The van der Waals surface area contributed by atoms with Crippen molar-refractivity contribution in [2.75, 3.05) is 19.6 Å². The summed E-state index contributed by atoms with van der Waals surface area (Å²) in [6, 6.07) is 0.102. The summed E-state index contributed by atoms with van der Waals surface area (Å²) in [5.41, 5.74) is 0. The van der Waals surface area contributed by atoms with Crippen molar-refractivity contribution in [1.29, 1.82) is 0 Å². The number of hydrogen-bond donors (Lipinski definition) is 1. The van der Waals surface area contributed by atoms with Crippen LogP contribution in [0.5, 0.6) is 0 Å². The predicted octanol–water partition coefficient (Wildman–Crippen LogP) is -1.39. The number of halogens is 3. The summed E-state index contributed by atoms with van der Waals surface area (Å²) in [5.74, 6) is 0. The molecular weight excluding hydrogens is 233 g/mol. The molecule has 0 aromatic rings. The van der Waals surface area contributed by atoms with Gasteiger partial charge in [-0.2, -0.15) is 0 Å². The standard InChI is InChI=1S/C8H16BF3NO.K/c10-9(11,12)7-13(5-2-6-14)8-3-1-4-8;/h8,14H,1-7H2;/q-1;+1. The van der Waals surface area contributed by atoms with Gasteiger partial charge in [-0.1, -0.05) is 6.42 Å². The zero-order valence-corrected chi connectivity index (χ0v) is 12.3. The van der Waals surface area contributed by atoms with Crippen LogP contribution in [0.25, 0.3) is 0 Å². The van der Waals surface area contributed by atoms with E-state index in [9.17, 15) is 12.9 Å². The predicted molar refractivity (Wildman–Crippen MR) is 50.0 cm³/mol. The maximum Gasteiger partial charge on any atom is 1.00 e. The van der Waals surface area contributed by atoms with Crippen molar-refractivity contribution < 1.29 is 69.4 Å². The molecule has 1 rings (SSSR count). The number of aliphatic hydroxyl groups excluding tert-OH is 1. The van der Waals surface area contributed by atoms with E-state index < -0.39 is 13.4 Å². The summed E-state index contributed by atoms with van der Waals surface area (Å²) in [7, 11) is 0. The third kappa shape index (κ3) is 6.65. The van der Waals surface area contributed by atoms with Gasteiger partial charge in [0, 0.05) is 12.6 Å². The molecule has 0 radical (unpaired) electrons. The first-order chi connectivity index (χ1) is 6.53. The van der Waals surface area contributed by atoms with E-state index in [0.717, 1.165) is 19.3 Å². The smallest absolute Gasteiger partial charge is 0.448 e. The molecule has 0 heterocycles. The summed E-state index contributed by atoms with van der Waals surface area (Å²) < 4.78 is 36.6. The molecule has 1 fully saturated rings. The van der Waals surface area contributed by atoms with Crippen LogP contribution in [0.4, 0.5) is 12.9 Å². The zero-order valence-electron chi connectivity index (χ0n) is 9.13. The van der Waals surface area contributed by atoms with Gasteiger partial charge in [0.2, 0.25) is 0 Å². The Hall–Kier alpha value is 1.41. The van der Waals surface area contributed by atoms with Crippen molar-refractivity contribution in [3.63, 3.8) is 0 Å². The van der Waals surface area contributed by atoms with Crippen LogP contribution >= 0.6 is 0 Å². The van der Waals surface area contributed by atoms with Crippen LogP contribution in [0.2, 0.25) is 0 Å². The van der Waals surface area contributed by atoms with Crippen LogP contribution in [-0.4, -0.2) is 42.6 Å². The van der Waals surface area contributed by atoms with Crippen LogP contribution in [-0.2, 0) is 0 Å². The van der Waals surface area contributed by atoms with E-state index in [-0.39, 0.29) is 64.0 Å². The van der Waals surface area contributed by atoms with E-state index in [1.54, 1.807) is 0 Å². The van der Waals surface area contributed by atoms with E-state index in [2.05, 4.69) is 0 Å². The Morgan fingerprint density at radius 3 is 2.20 bits per heavy atom. The first-order valence-electron chi connectivity index (χ1n) is 5.09. The summed E-state index contributed by atoms with van der Waals surface area (Å²) in [6.45, 7) is -4.40. The number of nitrogens with zero attached hydrogens (tertiary/aromatic N) is 1. The Bertz CT molecular complexity index is 178. The van der Waals surface area contributed by atoms with E-state index in [4.69, 9.17) is 5.11 Å². The fourth-order valence-electron chi connectivity index (χ4n) is 1.71. The van der Waals surface area contributed by atoms with Gasteiger partial charge < -0.3 is 23.0 Å². The summed E-state index contributed by atoms with van der Waals surface area (Å²) in [4.78, 5) is 1.47. The first kappa shape index (κ1) is 16.4. The second-order valence-corrected chi connectivity index (χ2v) is 3.87. The number of hydrogen-bond acceptors (Lipinski definition) is 2. The van der Waals surface area contributed by atoms with Gasteiger partial charge in [-0.05, 0) is 32.3 Å². The van der Waals surface area contributed by atoms with Gasteiger partial charge in [-0.15, -0.1) is 0 Å². The average Bonchev–Trinajstić information content (AvgIpc) is 1.93. The second-order valence-electron chi connectivity index (χ2n) is 3.87. The molecule has 84 valence electrons. The maximum atomic E-state index is 12.2. The largest absolute Gasteiger partial charge is 1.00 e. The molecule has 0 unspecified atom stereocenters. The minimum Gasteiger partial charge on any atom is -0.448 e. The molecule has 0 amide bonds. The number of aliphatic hydroxyl groups is 1. The van der Waals surface area contributed by atoms with Gasteiger partial charge in [0.05, 0.1) is 0 Å². The van der Waals surface area contributed by atoms with Crippen LogP contribution in [0.1, 0.15) is 25.7 Å². The topological polar surface area (TPSA) is 23.5 Å². The van der Waals surface area contributed by atoms with Crippen molar-refractivity contribution in [2.24, 2.45) is 0 Å². The molecular formula is C8H16BF3KNO. The summed E-state index contributed by atoms with van der Waals surface area (Å²) in [5, 5.41) is 8.58. The fraction of sp³-hybridized carbons (Fsp3) is 1.00. The Morgan fingerprint density at radius 1 is 1.27 bits per heavy atom. The minimum absolute atomic E-state index is 0. The summed E-state index contributed by atoms with van der Waals surface area (Å²) in [6.07, 6.45) is 2.44. The van der Waals surface area contributed by atoms with Crippen molar-refractivity contribution >= 4 is 6.98 Å². The molecule has 1 aliphatic carbocycles. The minimum atomic E-state index is -4.73. The molecule has 1 aliphatic rings. The van der Waals surface area contributed by atoms with Crippen molar-refractivity contribution in [2.45, 2.75) is 31.7 Å². The Labute approximate surface area is 131 Å². The van der Waals surface area contributed by atoms with Gasteiger partial charge in [0.15, 0.2) is 0 Å². The molecule has 0 spiro atoms. The monoisotopic (exact) mass is 249 g/mol. The van der Waals surface area contributed by atoms with Crippen molar-refractivity contribution in [3.05, 3.63) is 0 Å². The van der Waals surface area contributed by atoms with Crippen LogP contribution in [0, 0.1) is 0 Å². The molecule has 0 aromatic carbocycles. The molecule has 1 saturated carbocycles. The van der Waals surface area contributed by atoms with Crippen LogP contribution < -0.4 is 51.4 Å². The van der Waals surface area contributed by atoms with E-state index in [1.165, 1.54) is 4.90 Å². The SMILES string of the molecule is OCCCN(C[B-](F)(F)F)C1CCC1.[K+]. The molecule has 2 nitrogen and oxygen atoms in total. The molecule has 0 aromatic heterocycles. The average molecular weight is 249 g/mol. The molecule has 1 N–H and O–H groups in total. The van der Waals surface area contributed by atoms with Crippen molar-refractivity contribution in [1.82, 2.24) is 4.90 Å². The van der Waals surface area contributed by atoms with Gasteiger partial charge in [-0.25, -0.2) is 0 Å². The van der Waals surface area contributed by atoms with Crippen molar-refractivity contribution in [3.8, 4) is 0 Å². The van der Waals surface area contributed by atoms with Gasteiger partial charge in [0.1, 0.15) is 0 Å². The Kier molecular flexibility index (Phi) is 8.41. The number of rotatable bonds is 6. The quantitative estimate of drug-likeness (QED) is 0.586. The molecule has 0 aliphatic heterocycles. The Balaban J connectivity index is 0.00000196. The van der Waals surface area contributed by atoms with E-state index in [0.29, 0.717) is 13.0 Å². The van der Waals surface area contributed by atoms with E-state index >= 15 is 0 Å². The molecule has 0 saturated heterocycles. The maximum absolute atomic E-state index is 12.2. The second kappa shape index (κ2) is 7.68. The van der Waals surface area contributed by atoms with E-state index in [1.807, 2.05) is 0 Å². The van der Waals surface area contributed by atoms with Gasteiger partial charge in [0.25, 0.3) is 0 Å². The van der Waals surface area contributed by atoms with Gasteiger partial charge in [-0.3, -0.25) is 0 Å². The van der Waals surface area contributed by atoms with Gasteiger partial charge >= 0.3 is 58.4 Å². The molecule has 0 bridgehead atoms. The molecule has 7 heteroatoms. The Morgan fingerprint density at radius 2 is 1.87 bits per heavy atom. The molecule has 0 atom stereocenters. The fourth-order valence-corrected chi connectivity index (χ4v) is 1.71. The first-order valence-corrected chi connectivity index (χ1v) is 5.09. The van der Waals surface area contributed by atoms with Crippen LogP contribution in [0.15, 0.2) is 0 Å². The molecule has 15 heavy (non-hydrogen) atoms. The third-order valence-corrected chi connectivity index (χ3v) is 2.64.